The van der Waals surface area contributed by atoms with E-state index in [1.54, 1.807) is 42.5 Å². The Morgan fingerprint density at radius 2 is 1.71 bits per heavy atom. The van der Waals surface area contributed by atoms with Crippen LogP contribution in [0.4, 0.5) is 0 Å². The molecule has 1 fully saturated rings. The van der Waals surface area contributed by atoms with Crippen molar-refractivity contribution in [1.82, 2.24) is 4.90 Å². The summed E-state index contributed by atoms with van der Waals surface area (Å²) in [6.07, 6.45) is 0. The lowest BCUT2D eigenvalue weighted by atomic mass is 9.94. The summed E-state index contributed by atoms with van der Waals surface area (Å²) in [6.45, 7) is 2.45. The minimum Gasteiger partial charge on any atom is -0.507 e. The lowest BCUT2D eigenvalue weighted by molar-refractivity contribution is -0.140. The highest BCUT2D eigenvalue weighted by molar-refractivity contribution is 6.46. The van der Waals surface area contributed by atoms with Crippen molar-refractivity contribution in [3.63, 3.8) is 0 Å². The number of Topliss-reactive ketones (excluding diaryl/α,β-unsaturated/α-hetero) is 1. The molecule has 1 aliphatic rings. The summed E-state index contributed by atoms with van der Waals surface area (Å²) in [5, 5.41) is 20.1. The molecule has 1 unspecified atom stereocenters. The topological polar surface area (TPSA) is 115 Å². The maximum Gasteiger partial charge on any atom is 0.295 e. The van der Waals surface area contributed by atoms with Crippen LogP contribution in [0.1, 0.15) is 24.1 Å². The van der Waals surface area contributed by atoms with Gasteiger partial charge in [0, 0.05) is 17.7 Å². The fourth-order valence-electron chi connectivity index (χ4n) is 3.85. The van der Waals surface area contributed by atoms with Crippen LogP contribution in [0.3, 0.4) is 0 Å². The van der Waals surface area contributed by atoms with Gasteiger partial charge in [0.15, 0.2) is 0 Å². The van der Waals surface area contributed by atoms with Crippen molar-refractivity contribution in [2.45, 2.75) is 13.0 Å². The maximum atomic E-state index is 13.1. The van der Waals surface area contributed by atoms with Crippen LogP contribution in [0.15, 0.2) is 48.0 Å². The minimum absolute atomic E-state index is 0.0651. The monoisotopic (exact) mass is 471 g/mol. The fraction of sp³-hybridized carbons (Fsp3) is 0.360. The number of aliphatic hydroxyl groups is 2. The maximum absolute atomic E-state index is 13.1. The van der Waals surface area contributed by atoms with E-state index in [1.807, 2.05) is 6.92 Å². The van der Waals surface area contributed by atoms with Crippen LogP contribution < -0.4 is 14.2 Å². The molecule has 182 valence electrons. The molecule has 1 amide bonds. The smallest absolute Gasteiger partial charge is 0.295 e. The Bertz CT molecular complexity index is 1050. The van der Waals surface area contributed by atoms with Crippen LogP contribution in [0.2, 0.25) is 0 Å². The van der Waals surface area contributed by atoms with Gasteiger partial charge in [0.05, 0.1) is 52.3 Å². The van der Waals surface area contributed by atoms with Crippen LogP contribution in [0.25, 0.3) is 5.76 Å². The molecular formula is C25H29NO8. The van der Waals surface area contributed by atoms with Gasteiger partial charge in [0.1, 0.15) is 23.0 Å². The molecule has 9 heteroatoms. The number of rotatable bonds is 11. The third kappa shape index (κ3) is 5.16. The summed E-state index contributed by atoms with van der Waals surface area (Å²) in [4.78, 5) is 27.5. The standard InChI is InChI=1S/C25H29NO8/c1-4-34-17-7-5-16(6-8-17)23(28)21-22(19-15-18(31-2)9-10-20(19)32-3)26(25(30)24(21)29)11-13-33-14-12-27/h5-10,15,22,27-28H,4,11-14H2,1-3H3/b23-21-. The zero-order chi connectivity index (χ0) is 24.7. The van der Waals surface area contributed by atoms with E-state index < -0.39 is 17.7 Å². The van der Waals surface area contributed by atoms with Gasteiger partial charge in [-0.2, -0.15) is 0 Å². The quantitative estimate of drug-likeness (QED) is 0.222. The van der Waals surface area contributed by atoms with E-state index in [-0.39, 0.29) is 37.7 Å². The van der Waals surface area contributed by atoms with Gasteiger partial charge >= 0.3 is 0 Å². The van der Waals surface area contributed by atoms with Gasteiger partial charge in [-0.3, -0.25) is 9.59 Å². The van der Waals surface area contributed by atoms with Gasteiger partial charge < -0.3 is 34.1 Å². The van der Waals surface area contributed by atoms with E-state index in [2.05, 4.69) is 0 Å². The molecule has 1 aliphatic heterocycles. The summed E-state index contributed by atoms with van der Waals surface area (Å²) in [5.74, 6) is -0.356. The molecule has 0 bridgehead atoms. The summed E-state index contributed by atoms with van der Waals surface area (Å²) >= 11 is 0. The third-order valence-electron chi connectivity index (χ3n) is 5.42. The van der Waals surface area contributed by atoms with Gasteiger partial charge in [-0.1, -0.05) is 0 Å². The second-order valence-corrected chi connectivity index (χ2v) is 7.39. The predicted octanol–water partition coefficient (Wildman–Crippen LogP) is 2.53. The highest BCUT2D eigenvalue weighted by Crippen LogP contribution is 2.43. The average Bonchev–Trinajstić information content (AvgIpc) is 3.11. The molecule has 2 aromatic carbocycles. The van der Waals surface area contributed by atoms with Crippen molar-refractivity contribution in [3.8, 4) is 17.2 Å². The second-order valence-electron chi connectivity index (χ2n) is 7.39. The number of hydrogen-bond acceptors (Lipinski definition) is 8. The van der Waals surface area contributed by atoms with Gasteiger partial charge in [-0.15, -0.1) is 0 Å². The number of ketones is 1. The number of likely N-dealkylation sites (tertiary alicyclic amines) is 1. The van der Waals surface area contributed by atoms with Gasteiger partial charge in [0.25, 0.3) is 11.7 Å². The van der Waals surface area contributed by atoms with Crippen molar-refractivity contribution in [2.24, 2.45) is 0 Å². The first-order valence-corrected chi connectivity index (χ1v) is 10.9. The number of nitrogens with zero attached hydrogens (tertiary/aromatic N) is 1. The molecule has 34 heavy (non-hydrogen) atoms. The highest BCUT2D eigenvalue weighted by Gasteiger charge is 2.47. The van der Waals surface area contributed by atoms with Crippen LogP contribution in [-0.2, 0) is 14.3 Å². The number of methoxy groups -OCH3 is 2. The normalized spacial score (nSPS) is 17.2. The lowest BCUT2D eigenvalue weighted by Crippen LogP contribution is -2.33. The molecule has 0 saturated carbocycles. The predicted molar refractivity (Wildman–Crippen MR) is 124 cm³/mol. The second kappa shape index (κ2) is 11.5. The Balaban J connectivity index is 2.13. The van der Waals surface area contributed by atoms with Gasteiger partial charge in [-0.05, 0) is 49.4 Å². The van der Waals surface area contributed by atoms with E-state index >= 15 is 0 Å². The molecule has 0 aromatic heterocycles. The van der Waals surface area contributed by atoms with Crippen LogP contribution in [-0.4, -0.2) is 74.0 Å². The first-order chi connectivity index (χ1) is 16.5. The molecule has 0 radical (unpaired) electrons. The van der Waals surface area contributed by atoms with Crippen molar-refractivity contribution in [1.29, 1.82) is 0 Å². The molecule has 2 N–H and O–H groups in total. The lowest BCUT2D eigenvalue weighted by Gasteiger charge is -2.26. The van der Waals surface area contributed by atoms with Crippen LogP contribution in [0.5, 0.6) is 17.2 Å². The van der Waals surface area contributed by atoms with E-state index in [9.17, 15) is 14.7 Å². The first kappa shape index (κ1) is 25.1. The summed E-state index contributed by atoms with van der Waals surface area (Å²) in [6, 6.07) is 10.7. The Kier molecular flexibility index (Phi) is 8.50. The van der Waals surface area contributed by atoms with E-state index in [1.165, 1.54) is 19.1 Å². The number of amides is 1. The van der Waals surface area contributed by atoms with E-state index in [0.717, 1.165) is 0 Å². The first-order valence-electron chi connectivity index (χ1n) is 10.9. The Hall–Kier alpha value is -3.56. The molecule has 3 rings (SSSR count). The zero-order valence-electron chi connectivity index (χ0n) is 19.4. The summed E-state index contributed by atoms with van der Waals surface area (Å²) < 4.78 is 21.6. The average molecular weight is 472 g/mol. The van der Waals surface area contributed by atoms with Crippen molar-refractivity contribution in [3.05, 3.63) is 59.2 Å². The number of carbonyl (C=O) groups is 2. The molecule has 0 spiro atoms. The molecule has 9 nitrogen and oxygen atoms in total. The van der Waals surface area contributed by atoms with Crippen LogP contribution >= 0.6 is 0 Å². The number of benzene rings is 2. The Morgan fingerprint density at radius 1 is 1.00 bits per heavy atom. The SMILES string of the molecule is CCOc1ccc(/C(O)=C2/C(=O)C(=O)N(CCOCCO)C2c2cc(OC)ccc2OC)cc1. The molecule has 1 saturated heterocycles. The molecule has 1 atom stereocenters. The zero-order valence-corrected chi connectivity index (χ0v) is 19.4. The number of aliphatic hydroxyl groups excluding tert-OH is 2. The van der Waals surface area contributed by atoms with Crippen LogP contribution in [0, 0.1) is 0 Å². The van der Waals surface area contributed by atoms with Crippen molar-refractivity contribution >= 4 is 17.4 Å². The number of hydrogen-bond donors (Lipinski definition) is 2. The van der Waals surface area contributed by atoms with Crippen molar-refractivity contribution < 1.29 is 38.7 Å². The highest BCUT2D eigenvalue weighted by atomic mass is 16.5. The third-order valence-corrected chi connectivity index (χ3v) is 5.42. The molecular weight excluding hydrogens is 442 g/mol. The number of carbonyl (C=O) groups excluding carboxylic acids is 2. The Morgan fingerprint density at radius 3 is 2.32 bits per heavy atom. The van der Waals surface area contributed by atoms with Gasteiger partial charge in [0.2, 0.25) is 0 Å². The summed E-state index contributed by atoms with van der Waals surface area (Å²) in [5.41, 5.74) is 0.781. The number of ether oxygens (including phenoxy) is 4. The van der Waals surface area contributed by atoms with Gasteiger partial charge in [-0.25, -0.2) is 0 Å². The largest absolute Gasteiger partial charge is 0.507 e. The summed E-state index contributed by atoms with van der Waals surface area (Å²) in [7, 11) is 2.99. The fourth-order valence-corrected chi connectivity index (χ4v) is 3.85. The molecule has 1 heterocycles. The minimum atomic E-state index is -0.936. The molecule has 2 aromatic rings. The molecule has 0 aliphatic carbocycles. The van der Waals surface area contributed by atoms with E-state index in [0.29, 0.717) is 35.0 Å². The van der Waals surface area contributed by atoms with Crippen molar-refractivity contribution in [2.75, 3.05) is 47.2 Å². The van der Waals surface area contributed by atoms with E-state index in [4.69, 9.17) is 24.1 Å². The Labute approximate surface area is 198 Å².